The van der Waals surface area contributed by atoms with Crippen molar-refractivity contribution in [2.75, 3.05) is 38.2 Å². The minimum Gasteiger partial charge on any atom is -0.494 e. The van der Waals surface area contributed by atoms with E-state index < -0.39 is 5.82 Å². The van der Waals surface area contributed by atoms with E-state index in [1.165, 1.54) is 18.9 Å². The second-order valence-corrected chi connectivity index (χ2v) is 8.31. The number of rotatable bonds is 4. The first-order chi connectivity index (χ1) is 15.6. The van der Waals surface area contributed by atoms with Crippen LogP contribution in [-0.2, 0) is 7.05 Å². The standard InChI is InChI=1S/C25H24ClFN4O/c1-30-24(16-3-6-18(7-4-16)31-13-11-28-12-14-31)22(23-19(26)9-10-29-25(23)30)17-5-8-21(32-2)20(27)15-17/h3-10,15,28H,11-14H2,1-2H3. The van der Waals surface area contributed by atoms with Crippen molar-refractivity contribution in [1.29, 1.82) is 0 Å². The second kappa shape index (κ2) is 8.45. The number of piperazine rings is 1. The minimum atomic E-state index is -0.415. The number of aryl methyl sites for hydroxylation is 1. The quantitative estimate of drug-likeness (QED) is 0.468. The lowest BCUT2D eigenvalue weighted by Gasteiger charge is -2.29. The van der Waals surface area contributed by atoms with E-state index in [1.54, 1.807) is 18.3 Å². The molecule has 1 N–H and O–H groups in total. The molecule has 0 saturated carbocycles. The van der Waals surface area contributed by atoms with Crippen LogP contribution >= 0.6 is 11.6 Å². The van der Waals surface area contributed by atoms with Gasteiger partial charge in [0.2, 0.25) is 0 Å². The minimum absolute atomic E-state index is 0.208. The van der Waals surface area contributed by atoms with Gasteiger partial charge in [-0.2, -0.15) is 0 Å². The van der Waals surface area contributed by atoms with E-state index in [4.69, 9.17) is 16.3 Å². The molecule has 7 heteroatoms. The monoisotopic (exact) mass is 450 g/mol. The van der Waals surface area contributed by atoms with Crippen LogP contribution in [0, 0.1) is 5.82 Å². The van der Waals surface area contributed by atoms with Crippen molar-refractivity contribution < 1.29 is 9.13 Å². The van der Waals surface area contributed by atoms with Gasteiger partial charge in [-0.25, -0.2) is 9.37 Å². The lowest BCUT2D eigenvalue weighted by Crippen LogP contribution is -2.43. The van der Waals surface area contributed by atoms with Crippen LogP contribution in [-0.4, -0.2) is 42.8 Å². The van der Waals surface area contributed by atoms with E-state index in [1.807, 2.05) is 17.7 Å². The van der Waals surface area contributed by atoms with Gasteiger partial charge in [-0.1, -0.05) is 29.8 Å². The molecule has 0 unspecified atom stereocenters. The molecular formula is C25H24ClFN4O. The third-order valence-corrected chi connectivity index (χ3v) is 6.40. The van der Waals surface area contributed by atoms with E-state index >= 15 is 0 Å². The Bertz CT molecular complexity index is 1280. The number of anilines is 1. The fraction of sp³-hybridized carbons (Fsp3) is 0.240. The van der Waals surface area contributed by atoms with Gasteiger partial charge in [-0.3, -0.25) is 0 Å². The van der Waals surface area contributed by atoms with Gasteiger partial charge in [0, 0.05) is 56.1 Å². The van der Waals surface area contributed by atoms with Crippen LogP contribution < -0.4 is 15.0 Å². The molecule has 0 bridgehead atoms. The molecule has 5 rings (SSSR count). The van der Waals surface area contributed by atoms with Crippen LogP contribution in [0.5, 0.6) is 5.75 Å². The van der Waals surface area contributed by atoms with Crippen molar-refractivity contribution in [2.45, 2.75) is 0 Å². The fourth-order valence-electron chi connectivity index (χ4n) is 4.50. The normalized spacial score (nSPS) is 14.2. The number of halogens is 2. The van der Waals surface area contributed by atoms with Gasteiger partial charge in [0.05, 0.1) is 17.8 Å². The number of pyridine rings is 1. The number of ether oxygens (including phenoxy) is 1. The van der Waals surface area contributed by atoms with Crippen LogP contribution in [0.1, 0.15) is 0 Å². The maximum Gasteiger partial charge on any atom is 0.165 e. The van der Waals surface area contributed by atoms with Crippen molar-refractivity contribution in [3.63, 3.8) is 0 Å². The number of methoxy groups -OCH3 is 1. The predicted octanol–water partition coefficient (Wildman–Crippen LogP) is 5.12. The van der Waals surface area contributed by atoms with Crippen molar-refractivity contribution in [2.24, 2.45) is 7.05 Å². The Hall–Kier alpha value is -3.09. The second-order valence-electron chi connectivity index (χ2n) is 7.91. The first-order valence-electron chi connectivity index (χ1n) is 10.6. The zero-order chi connectivity index (χ0) is 22.2. The molecule has 1 aliphatic heterocycles. The molecule has 0 radical (unpaired) electrons. The summed E-state index contributed by atoms with van der Waals surface area (Å²) in [6.07, 6.45) is 1.69. The first-order valence-corrected chi connectivity index (χ1v) is 11.0. The maximum atomic E-state index is 14.6. The molecule has 0 atom stereocenters. The average molecular weight is 451 g/mol. The molecule has 2 aromatic carbocycles. The molecule has 1 fully saturated rings. The molecule has 4 aromatic rings. The number of benzene rings is 2. The highest BCUT2D eigenvalue weighted by atomic mass is 35.5. The molecule has 3 heterocycles. The summed E-state index contributed by atoms with van der Waals surface area (Å²) >= 11 is 6.63. The maximum absolute atomic E-state index is 14.6. The van der Waals surface area contributed by atoms with Gasteiger partial charge < -0.3 is 19.5 Å². The van der Waals surface area contributed by atoms with E-state index in [0.29, 0.717) is 5.02 Å². The molecule has 32 heavy (non-hydrogen) atoms. The third-order valence-electron chi connectivity index (χ3n) is 6.08. The summed E-state index contributed by atoms with van der Waals surface area (Å²) in [6, 6.07) is 15.3. The van der Waals surface area contributed by atoms with Crippen LogP contribution in [0.15, 0.2) is 54.7 Å². The van der Waals surface area contributed by atoms with Crippen LogP contribution in [0.3, 0.4) is 0 Å². The van der Waals surface area contributed by atoms with Gasteiger partial charge in [0.25, 0.3) is 0 Å². The van der Waals surface area contributed by atoms with E-state index in [2.05, 4.69) is 39.5 Å². The lowest BCUT2D eigenvalue weighted by atomic mass is 9.98. The Morgan fingerprint density at radius 2 is 1.75 bits per heavy atom. The Balaban J connectivity index is 1.69. The van der Waals surface area contributed by atoms with E-state index in [9.17, 15) is 4.39 Å². The Kier molecular flexibility index (Phi) is 5.49. The summed E-state index contributed by atoms with van der Waals surface area (Å²) in [7, 11) is 3.43. The van der Waals surface area contributed by atoms with Crippen LogP contribution in [0.25, 0.3) is 33.4 Å². The summed E-state index contributed by atoms with van der Waals surface area (Å²) in [5.41, 5.74) is 5.50. The summed E-state index contributed by atoms with van der Waals surface area (Å²) < 4.78 is 21.8. The van der Waals surface area contributed by atoms with Crippen LogP contribution in [0.4, 0.5) is 10.1 Å². The molecule has 0 amide bonds. The molecule has 2 aromatic heterocycles. The highest BCUT2D eigenvalue weighted by Gasteiger charge is 2.22. The number of hydrogen-bond acceptors (Lipinski definition) is 4. The van der Waals surface area contributed by atoms with Crippen molar-refractivity contribution >= 4 is 28.3 Å². The number of aromatic nitrogens is 2. The molecule has 0 aliphatic carbocycles. The molecular weight excluding hydrogens is 427 g/mol. The van der Waals surface area contributed by atoms with Gasteiger partial charge in [0.1, 0.15) is 5.65 Å². The van der Waals surface area contributed by atoms with E-state index in [-0.39, 0.29) is 5.75 Å². The topological polar surface area (TPSA) is 42.3 Å². The van der Waals surface area contributed by atoms with Crippen LogP contribution in [0.2, 0.25) is 5.02 Å². The smallest absolute Gasteiger partial charge is 0.165 e. The number of hydrogen-bond donors (Lipinski definition) is 1. The molecule has 1 saturated heterocycles. The summed E-state index contributed by atoms with van der Waals surface area (Å²) in [5, 5.41) is 4.78. The SMILES string of the molecule is COc1ccc(-c2c(-c3ccc(N4CCNCC4)cc3)n(C)c3nccc(Cl)c23)cc1F. The zero-order valence-electron chi connectivity index (χ0n) is 18.0. The summed E-state index contributed by atoms with van der Waals surface area (Å²) in [5.74, 6) is -0.206. The van der Waals surface area contributed by atoms with E-state index in [0.717, 1.165) is 59.6 Å². The number of nitrogens with zero attached hydrogens (tertiary/aromatic N) is 3. The van der Waals surface area contributed by atoms with Gasteiger partial charge in [0.15, 0.2) is 11.6 Å². The van der Waals surface area contributed by atoms with Crippen molar-refractivity contribution in [1.82, 2.24) is 14.9 Å². The summed E-state index contributed by atoms with van der Waals surface area (Å²) in [6.45, 7) is 3.96. The number of fused-ring (bicyclic) bond motifs is 1. The first kappa shape index (κ1) is 20.8. The summed E-state index contributed by atoms with van der Waals surface area (Å²) in [4.78, 5) is 6.94. The molecule has 164 valence electrons. The Morgan fingerprint density at radius 3 is 2.44 bits per heavy atom. The predicted molar refractivity (Wildman–Crippen MR) is 128 cm³/mol. The van der Waals surface area contributed by atoms with Gasteiger partial charge in [-0.15, -0.1) is 0 Å². The van der Waals surface area contributed by atoms with Gasteiger partial charge in [-0.05, 0) is 41.5 Å². The van der Waals surface area contributed by atoms with Crippen molar-refractivity contribution in [3.05, 3.63) is 65.6 Å². The molecule has 0 spiro atoms. The highest BCUT2D eigenvalue weighted by Crippen LogP contribution is 2.43. The van der Waals surface area contributed by atoms with Gasteiger partial charge >= 0.3 is 0 Å². The van der Waals surface area contributed by atoms with Crippen molar-refractivity contribution in [3.8, 4) is 28.1 Å². The lowest BCUT2D eigenvalue weighted by molar-refractivity contribution is 0.386. The highest BCUT2D eigenvalue weighted by molar-refractivity contribution is 6.37. The Labute approximate surface area is 191 Å². The average Bonchev–Trinajstić information content (AvgIpc) is 3.13. The number of nitrogens with one attached hydrogen (secondary N) is 1. The third kappa shape index (κ3) is 3.49. The largest absolute Gasteiger partial charge is 0.494 e. The zero-order valence-corrected chi connectivity index (χ0v) is 18.8. The fourth-order valence-corrected chi connectivity index (χ4v) is 4.73. The molecule has 5 nitrogen and oxygen atoms in total. The molecule has 1 aliphatic rings. The Morgan fingerprint density at radius 1 is 1.03 bits per heavy atom.